The zero-order valence-electron chi connectivity index (χ0n) is 11.5. The number of ether oxygens (including phenoxy) is 1. The second-order valence-electron chi connectivity index (χ2n) is 4.61. The molecule has 0 aliphatic rings. The number of benzene rings is 2. The van der Waals surface area contributed by atoms with Crippen molar-refractivity contribution in [3.63, 3.8) is 0 Å². The van der Waals surface area contributed by atoms with Gasteiger partial charge in [0.2, 0.25) is 0 Å². The monoisotopic (exact) mass is 266 g/mol. The lowest BCUT2D eigenvalue weighted by Gasteiger charge is -2.13. The quantitative estimate of drug-likeness (QED) is 0.873. The summed E-state index contributed by atoms with van der Waals surface area (Å²) in [5, 5.41) is 12.6. The highest BCUT2D eigenvalue weighted by molar-refractivity contribution is 5.29. The Kier molecular flexibility index (Phi) is 5.31. The molecule has 1 atom stereocenters. The van der Waals surface area contributed by atoms with Crippen LogP contribution in [0.4, 0.5) is 0 Å². The molecule has 0 bridgehead atoms. The van der Waals surface area contributed by atoms with Crippen molar-refractivity contribution in [3.05, 3.63) is 71.3 Å². The van der Waals surface area contributed by atoms with E-state index in [9.17, 15) is 5.26 Å². The van der Waals surface area contributed by atoms with E-state index in [1.165, 1.54) is 5.56 Å². The number of nitriles is 1. The fourth-order valence-electron chi connectivity index (χ4n) is 2.08. The van der Waals surface area contributed by atoms with Crippen LogP contribution in [0.2, 0.25) is 0 Å². The lowest BCUT2D eigenvalue weighted by molar-refractivity contribution is 0.185. The normalized spacial score (nSPS) is 11.8. The summed E-state index contributed by atoms with van der Waals surface area (Å²) in [7, 11) is 1.67. The average Bonchev–Trinajstić information content (AvgIpc) is 2.50. The van der Waals surface area contributed by atoms with Gasteiger partial charge in [-0.15, -0.1) is 0 Å². The summed E-state index contributed by atoms with van der Waals surface area (Å²) < 4.78 is 5.12. The highest BCUT2D eigenvalue weighted by Gasteiger charge is 2.10. The Hall–Kier alpha value is -2.15. The predicted octanol–water partition coefficient (Wildman–Crippen LogP) is 3.19. The SMILES string of the molecule is COCc1cccc(C(C#N)NCc2ccccc2)c1. The van der Waals surface area contributed by atoms with Crippen LogP contribution in [0.15, 0.2) is 54.6 Å². The van der Waals surface area contributed by atoms with E-state index in [1.54, 1.807) is 7.11 Å². The zero-order chi connectivity index (χ0) is 14.2. The Morgan fingerprint density at radius 3 is 2.55 bits per heavy atom. The summed E-state index contributed by atoms with van der Waals surface area (Å²) in [6.07, 6.45) is 0. The minimum absolute atomic E-state index is 0.313. The second kappa shape index (κ2) is 7.44. The molecule has 0 amide bonds. The maximum atomic E-state index is 9.33. The van der Waals surface area contributed by atoms with Gasteiger partial charge in [0, 0.05) is 13.7 Å². The average molecular weight is 266 g/mol. The number of hydrogen-bond acceptors (Lipinski definition) is 3. The molecule has 3 heteroatoms. The van der Waals surface area contributed by atoms with Gasteiger partial charge in [-0.2, -0.15) is 5.26 Å². The van der Waals surface area contributed by atoms with Gasteiger partial charge in [-0.3, -0.25) is 5.32 Å². The third kappa shape index (κ3) is 3.92. The van der Waals surface area contributed by atoms with E-state index < -0.39 is 0 Å². The molecule has 0 heterocycles. The van der Waals surface area contributed by atoms with Crippen LogP contribution >= 0.6 is 0 Å². The van der Waals surface area contributed by atoms with Crippen LogP contribution in [-0.4, -0.2) is 7.11 Å². The first-order valence-corrected chi connectivity index (χ1v) is 6.58. The molecule has 0 fully saturated rings. The molecule has 2 aromatic rings. The van der Waals surface area contributed by atoms with Gasteiger partial charge in [0.25, 0.3) is 0 Å². The van der Waals surface area contributed by atoms with Crippen molar-refractivity contribution in [3.8, 4) is 6.07 Å². The van der Waals surface area contributed by atoms with Crippen LogP contribution in [0.25, 0.3) is 0 Å². The minimum Gasteiger partial charge on any atom is -0.380 e. The van der Waals surface area contributed by atoms with E-state index >= 15 is 0 Å². The molecule has 0 radical (unpaired) electrons. The summed E-state index contributed by atoms with van der Waals surface area (Å²) >= 11 is 0. The minimum atomic E-state index is -0.313. The topological polar surface area (TPSA) is 45.0 Å². The smallest absolute Gasteiger partial charge is 0.121 e. The molecule has 0 aliphatic carbocycles. The molecule has 0 spiro atoms. The summed E-state index contributed by atoms with van der Waals surface area (Å²) in [5.41, 5.74) is 3.21. The van der Waals surface area contributed by atoms with Crippen LogP contribution in [0.5, 0.6) is 0 Å². The zero-order valence-corrected chi connectivity index (χ0v) is 11.5. The van der Waals surface area contributed by atoms with Crippen LogP contribution in [0.1, 0.15) is 22.7 Å². The van der Waals surface area contributed by atoms with Gasteiger partial charge in [-0.25, -0.2) is 0 Å². The maximum Gasteiger partial charge on any atom is 0.121 e. The number of nitrogens with zero attached hydrogens (tertiary/aromatic N) is 1. The van der Waals surface area contributed by atoms with E-state index in [0.29, 0.717) is 13.2 Å². The summed E-state index contributed by atoms with van der Waals surface area (Å²) in [6, 6.07) is 20.0. The molecule has 1 N–H and O–H groups in total. The molecule has 2 rings (SSSR count). The van der Waals surface area contributed by atoms with Crippen molar-refractivity contribution in [2.45, 2.75) is 19.2 Å². The van der Waals surface area contributed by atoms with Crippen LogP contribution in [-0.2, 0) is 17.9 Å². The van der Waals surface area contributed by atoms with Crippen LogP contribution in [0, 0.1) is 11.3 Å². The molecule has 20 heavy (non-hydrogen) atoms. The van der Waals surface area contributed by atoms with Crippen LogP contribution < -0.4 is 5.32 Å². The van der Waals surface area contributed by atoms with Crippen molar-refractivity contribution >= 4 is 0 Å². The molecular weight excluding hydrogens is 248 g/mol. The first kappa shape index (κ1) is 14.3. The number of hydrogen-bond donors (Lipinski definition) is 1. The molecule has 2 aromatic carbocycles. The number of methoxy groups -OCH3 is 1. The second-order valence-corrected chi connectivity index (χ2v) is 4.61. The molecule has 0 saturated heterocycles. The largest absolute Gasteiger partial charge is 0.380 e. The van der Waals surface area contributed by atoms with E-state index in [2.05, 4.69) is 11.4 Å². The molecule has 0 aliphatic heterocycles. The van der Waals surface area contributed by atoms with Crippen molar-refractivity contribution in [2.24, 2.45) is 0 Å². The molecule has 0 aromatic heterocycles. The van der Waals surface area contributed by atoms with Crippen molar-refractivity contribution in [1.29, 1.82) is 5.26 Å². The van der Waals surface area contributed by atoms with E-state index in [4.69, 9.17) is 4.74 Å². The summed E-state index contributed by atoms with van der Waals surface area (Å²) in [6.45, 7) is 1.23. The van der Waals surface area contributed by atoms with Gasteiger partial charge in [0.05, 0.1) is 12.7 Å². The number of nitrogens with one attached hydrogen (secondary N) is 1. The number of rotatable bonds is 6. The molecular formula is C17H18N2O. The van der Waals surface area contributed by atoms with Crippen molar-refractivity contribution in [2.75, 3.05) is 7.11 Å². The highest BCUT2D eigenvalue weighted by atomic mass is 16.5. The Morgan fingerprint density at radius 1 is 1.10 bits per heavy atom. The van der Waals surface area contributed by atoms with E-state index in [0.717, 1.165) is 11.1 Å². The molecule has 0 saturated carbocycles. The Balaban J connectivity index is 2.05. The maximum absolute atomic E-state index is 9.33. The van der Waals surface area contributed by atoms with Crippen molar-refractivity contribution < 1.29 is 4.74 Å². The van der Waals surface area contributed by atoms with E-state index in [1.807, 2.05) is 54.6 Å². The molecule has 1 unspecified atom stereocenters. The van der Waals surface area contributed by atoms with Gasteiger partial charge >= 0.3 is 0 Å². The lowest BCUT2D eigenvalue weighted by Crippen LogP contribution is -2.19. The standard InChI is InChI=1S/C17H18N2O/c1-20-13-15-8-5-9-16(10-15)17(11-18)19-12-14-6-3-2-4-7-14/h2-10,17,19H,12-13H2,1H3. The van der Waals surface area contributed by atoms with E-state index in [-0.39, 0.29) is 6.04 Å². The molecule has 3 nitrogen and oxygen atoms in total. The third-order valence-corrected chi connectivity index (χ3v) is 3.08. The lowest BCUT2D eigenvalue weighted by atomic mass is 10.0. The van der Waals surface area contributed by atoms with Gasteiger partial charge in [-0.1, -0.05) is 54.6 Å². The fraction of sp³-hybridized carbons (Fsp3) is 0.235. The van der Waals surface area contributed by atoms with Gasteiger partial charge in [0.15, 0.2) is 0 Å². The van der Waals surface area contributed by atoms with Gasteiger partial charge in [-0.05, 0) is 16.7 Å². The first-order valence-electron chi connectivity index (χ1n) is 6.58. The highest BCUT2D eigenvalue weighted by Crippen LogP contribution is 2.15. The van der Waals surface area contributed by atoms with Gasteiger partial charge < -0.3 is 4.74 Å². The van der Waals surface area contributed by atoms with Crippen molar-refractivity contribution in [1.82, 2.24) is 5.32 Å². The Labute approximate surface area is 119 Å². The Morgan fingerprint density at radius 2 is 1.85 bits per heavy atom. The summed E-state index contributed by atoms with van der Waals surface area (Å²) in [5.74, 6) is 0. The first-order chi connectivity index (χ1) is 9.83. The summed E-state index contributed by atoms with van der Waals surface area (Å²) in [4.78, 5) is 0. The van der Waals surface area contributed by atoms with Gasteiger partial charge in [0.1, 0.15) is 6.04 Å². The predicted molar refractivity (Wildman–Crippen MR) is 78.8 cm³/mol. The molecule has 102 valence electrons. The Bertz CT molecular complexity index is 575. The third-order valence-electron chi connectivity index (χ3n) is 3.08. The fourth-order valence-corrected chi connectivity index (χ4v) is 2.08. The van der Waals surface area contributed by atoms with Crippen LogP contribution in [0.3, 0.4) is 0 Å².